The lowest BCUT2D eigenvalue weighted by Gasteiger charge is -2.16. The van der Waals surface area contributed by atoms with E-state index in [0.717, 1.165) is 22.1 Å². The predicted molar refractivity (Wildman–Crippen MR) is 198 cm³/mol. The third kappa shape index (κ3) is 3.68. The van der Waals surface area contributed by atoms with Crippen LogP contribution in [0.3, 0.4) is 0 Å². The molecule has 0 aliphatic heterocycles. The fourth-order valence-corrected chi connectivity index (χ4v) is 8.67. The molecule has 0 aliphatic rings. The third-order valence-electron chi connectivity index (χ3n) is 9.49. The molecule has 10 aromatic rings. The van der Waals surface area contributed by atoms with E-state index in [4.69, 9.17) is 4.42 Å². The molecule has 8 aromatic carbocycles. The van der Waals surface area contributed by atoms with Gasteiger partial charge >= 0.3 is 0 Å². The van der Waals surface area contributed by atoms with Gasteiger partial charge in [-0.15, -0.1) is 11.3 Å². The maximum absolute atomic E-state index is 6.88. The third-order valence-corrected chi connectivity index (χ3v) is 10.7. The van der Waals surface area contributed by atoms with Crippen molar-refractivity contribution in [1.82, 2.24) is 0 Å². The molecule has 0 bridgehead atoms. The molecular weight excluding hydrogens is 577 g/mol. The van der Waals surface area contributed by atoms with Crippen molar-refractivity contribution in [2.24, 2.45) is 0 Å². The normalized spacial score (nSPS) is 11.9. The van der Waals surface area contributed by atoms with E-state index >= 15 is 0 Å². The highest BCUT2D eigenvalue weighted by Crippen LogP contribution is 2.50. The first-order valence-electron chi connectivity index (χ1n) is 15.7. The molecule has 0 fully saturated rings. The van der Waals surface area contributed by atoms with E-state index in [9.17, 15) is 0 Å². The van der Waals surface area contributed by atoms with Gasteiger partial charge in [0.2, 0.25) is 0 Å². The Morgan fingerprint density at radius 3 is 1.83 bits per heavy atom. The van der Waals surface area contributed by atoms with Crippen LogP contribution in [0.1, 0.15) is 0 Å². The number of para-hydroxylation sites is 1. The molecular formula is C44H26OS. The second-order valence-electron chi connectivity index (χ2n) is 12.0. The van der Waals surface area contributed by atoms with E-state index in [1.807, 2.05) is 11.3 Å². The first-order chi connectivity index (χ1) is 22.8. The molecule has 2 heteroatoms. The van der Waals surface area contributed by atoms with Gasteiger partial charge in [-0.3, -0.25) is 0 Å². The fourth-order valence-electron chi connectivity index (χ4n) is 7.45. The summed E-state index contributed by atoms with van der Waals surface area (Å²) in [6.45, 7) is 0. The molecule has 0 N–H and O–H groups in total. The van der Waals surface area contributed by atoms with Crippen molar-refractivity contribution < 1.29 is 4.42 Å². The summed E-state index contributed by atoms with van der Waals surface area (Å²) in [6, 6.07) is 57.0. The molecule has 1 nitrogen and oxygen atoms in total. The van der Waals surface area contributed by atoms with Gasteiger partial charge in [-0.2, -0.15) is 0 Å². The zero-order valence-electron chi connectivity index (χ0n) is 24.8. The summed E-state index contributed by atoms with van der Waals surface area (Å²) in [4.78, 5) is 0. The Morgan fingerprint density at radius 1 is 0.391 bits per heavy atom. The molecule has 0 amide bonds. The molecule has 10 rings (SSSR count). The number of fused-ring (bicyclic) bond motifs is 8. The van der Waals surface area contributed by atoms with Crippen molar-refractivity contribution in [3.63, 3.8) is 0 Å². The highest BCUT2D eigenvalue weighted by Gasteiger charge is 2.24. The first-order valence-corrected chi connectivity index (χ1v) is 16.5. The lowest BCUT2D eigenvalue weighted by atomic mass is 9.87. The second-order valence-corrected chi connectivity index (χ2v) is 13.0. The Kier molecular flexibility index (Phi) is 5.51. The first kappa shape index (κ1) is 25.6. The van der Waals surface area contributed by atoms with Gasteiger partial charge in [0.25, 0.3) is 0 Å². The fraction of sp³-hybridized carbons (Fsp3) is 0. The Hall–Kier alpha value is -5.70. The van der Waals surface area contributed by atoms with E-state index in [2.05, 4.69) is 158 Å². The van der Waals surface area contributed by atoms with Gasteiger partial charge in [0, 0.05) is 47.6 Å². The number of hydrogen-bond acceptors (Lipinski definition) is 2. The van der Waals surface area contributed by atoms with Crippen LogP contribution >= 0.6 is 11.3 Å². The van der Waals surface area contributed by atoms with Gasteiger partial charge < -0.3 is 4.42 Å². The lowest BCUT2D eigenvalue weighted by molar-refractivity contribution is 0.670. The molecule has 0 aliphatic carbocycles. The van der Waals surface area contributed by atoms with E-state index in [0.29, 0.717) is 0 Å². The van der Waals surface area contributed by atoms with Crippen LogP contribution in [0.2, 0.25) is 0 Å². The number of thiophene rings is 1. The quantitative estimate of drug-likeness (QED) is 0.196. The van der Waals surface area contributed by atoms with Crippen LogP contribution in [0.25, 0.3) is 97.0 Å². The zero-order valence-corrected chi connectivity index (χ0v) is 25.6. The van der Waals surface area contributed by atoms with Crippen LogP contribution in [0.5, 0.6) is 0 Å². The lowest BCUT2D eigenvalue weighted by Crippen LogP contribution is -1.90. The smallest absolute Gasteiger partial charge is 0.144 e. The van der Waals surface area contributed by atoms with Gasteiger partial charge in [-0.1, -0.05) is 146 Å². The van der Waals surface area contributed by atoms with E-state index in [1.54, 1.807) is 0 Å². The van der Waals surface area contributed by atoms with E-state index in [1.165, 1.54) is 74.9 Å². The van der Waals surface area contributed by atoms with E-state index in [-0.39, 0.29) is 0 Å². The summed E-state index contributed by atoms with van der Waals surface area (Å²) in [5.74, 6) is 0. The second kappa shape index (κ2) is 9.90. The van der Waals surface area contributed by atoms with Crippen molar-refractivity contribution in [2.45, 2.75) is 0 Å². The summed E-state index contributed by atoms with van der Waals surface area (Å²) in [5.41, 5.74) is 9.10. The van der Waals surface area contributed by atoms with Crippen molar-refractivity contribution in [2.75, 3.05) is 0 Å². The van der Waals surface area contributed by atoms with Crippen LogP contribution < -0.4 is 0 Å². The maximum Gasteiger partial charge on any atom is 0.144 e. The minimum atomic E-state index is 0.909. The summed E-state index contributed by atoms with van der Waals surface area (Å²) in [6.07, 6.45) is 0. The monoisotopic (exact) mass is 602 g/mol. The molecule has 0 spiro atoms. The van der Waals surface area contributed by atoms with Crippen molar-refractivity contribution in [3.8, 4) is 33.4 Å². The molecule has 46 heavy (non-hydrogen) atoms. The van der Waals surface area contributed by atoms with Crippen LogP contribution in [0.4, 0.5) is 0 Å². The summed E-state index contributed by atoms with van der Waals surface area (Å²) < 4.78 is 9.48. The van der Waals surface area contributed by atoms with Gasteiger partial charge in [0.15, 0.2) is 0 Å². The molecule has 0 radical (unpaired) electrons. The summed E-state index contributed by atoms with van der Waals surface area (Å²) >= 11 is 1.87. The Morgan fingerprint density at radius 2 is 0.978 bits per heavy atom. The van der Waals surface area contributed by atoms with Crippen molar-refractivity contribution in [1.29, 1.82) is 0 Å². The summed E-state index contributed by atoms with van der Waals surface area (Å²) in [7, 11) is 0. The molecule has 0 unspecified atom stereocenters. The topological polar surface area (TPSA) is 13.1 Å². The number of benzene rings is 8. The highest BCUT2D eigenvalue weighted by atomic mass is 32.1. The minimum absolute atomic E-state index is 0.909. The molecule has 2 aromatic heterocycles. The highest BCUT2D eigenvalue weighted by molar-refractivity contribution is 7.26. The van der Waals surface area contributed by atoms with Crippen molar-refractivity contribution >= 4 is 75.0 Å². The number of furan rings is 1. The van der Waals surface area contributed by atoms with Gasteiger partial charge in [-0.05, 0) is 50.4 Å². The van der Waals surface area contributed by atoms with Gasteiger partial charge in [0.1, 0.15) is 11.2 Å². The Balaban J connectivity index is 1.29. The standard InChI is InChI=1S/C44H26OS/c1-2-13-30-27(11-1)12-9-18-31(30)28-23-25-29(26-24-28)40-33-15-3-4-16-34(33)41(43-42(40)36-17-5-7-21-38(36)45-43)37-20-10-19-35-32-14-6-8-22-39(32)46-44(35)37/h1-26H. The SMILES string of the molecule is c1ccc2c(-c3ccc(-c4c5ccccc5c(-c5cccc6c5sc5ccccc56)c5oc6ccccc6c45)cc3)cccc2c1. The van der Waals surface area contributed by atoms with Crippen LogP contribution in [-0.4, -0.2) is 0 Å². The van der Waals surface area contributed by atoms with Crippen molar-refractivity contribution in [3.05, 3.63) is 158 Å². The van der Waals surface area contributed by atoms with Crippen LogP contribution in [0.15, 0.2) is 162 Å². The summed E-state index contributed by atoms with van der Waals surface area (Å²) in [5, 5.41) is 9.86. The molecule has 214 valence electrons. The number of hydrogen-bond donors (Lipinski definition) is 0. The average molecular weight is 603 g/mol. The molecule has 0 atom stereocenters. The largest absolute Gasteiger partial charge is 0.455 e. The predicted octanol–water partition coefficient (Wildman–Crippen LogP) is 13.3. The molecule has 0 saturated carbocycles. The van der Waals surface area contributed by atoms with Gasteiger partial charge in [0.05, 0.1) is 0 Å². The number of rotatable bonds is 3. The van der Waals surface area contributed by atoms with Crippen LogP contribution in [0, 0.1) is 0 Å². The Labute approximate surface area is 269 Å². The Bertz CT molecular complexity index is 2790. The minimum Gasteiger partial charge on any atom is -0.455 e. The van der Waals surface area contributed by atoms with E-state index < -0.39 is 0 Å². The zero-order chi connectivity index (χ0) is 30.2. The molecule has 0 saturated heterocycles. The van der Waals surface area contributed by atoms with Crippen LogP contribution in [-0.2, 0) is 0 Å². The average Bonchev–Trinajstić information content (AvgIpc) is 3.69. The molecule has 2 heterocycles. The van der Waals surface area contributed by atoms with Gasteiger partial charge in [-0.25, -0.2) is 0 Å². The maximum atomic E-state index is 6.88.